The molecule has 0 heterocycles. The van der Waals surface area contributed by atoms with Crippen molar-refractivity contribution >= 4 is 34.8 Å². The van der Waals surface area contributed by atoms with Crippen molar-refractivity contribution in [3.63, 3.8) is 0 Å². The molecule has 0 spiro atoms. The number of hydrogen-bond acceptors (Lipinski definition) is 5. The molecule has 7 nitrogen and oxygen atoms in total. The highest BCUT2D eigenvalue weighted by Crippen LogP contribution is 2.30. The monoisotopic (exact) mass is 364 g/mol. The topological polar surface area (TPSA) is 85.9 Å². The van der Waals surface area contributed by atoms with Crippen LogP contribution >= 0.6 is 11.6 Å². The second-order valence-corrected chi connectivity index (χ2v) is 5.26. The summed E-state index contributed by atoms with van der Waals surface area (Å²) in [4.78, 5) is 24.2. The fourth-order valence-electron chi connectivity index (χ4n) is 2.06. The minimum atomic E-state index is -0.865. The molecule has 25 heavy (non-hydrogen) atoms. The highest BCUT2D eigenvalue weighted by Gasteiger charge is 2.17. The molecule has 0 fully saturated rings. The van der Waals surface area contributed by atoms with Crippen LogP contribution < -0.4 is 24.8 Å². The normalized spacial score (nSPS) is 9.92. The van der Waals surface area contributed by atoms with E-state index in [1.54, 1.807) is 30.3 Å². The second-order valence-electron chi connectivity index (χ2n) is 4.82. The molecule has 8 heteroatoms. The number of nitrogens with one attached hydrogen (secondary N) is 2. The summed E-state index contributed by atoms with van der Waals surface area (Å²) in [6, 6.07) is 9.44. The smallest absolute Gasteiger partial charge is 0.314 e. The summed E-state index contributed by atoms with van der Waals surface area (Å²) in [5.41, 5.74) is 0.679. The van der Waals surface area contributed by atoms with E-state index < -0.39 is 11.8 Å². The Labute approximate surface area is 149 Å². The van der Waals surface area contributed by atoms with Gasteiger partial charge in [0.05, 0.1) is 27.0 Å². The quantitative estimate of drug-likeness (QED) is 0.797. The van der Waals surface area contributed by atoms with Crippen LogP contribution in [0.15, 0.2) is 36.4 Å². The zero-order chi connectivity index (χ0) is 18.4. The second kappa shape index (κ2) is 8.25. The van der Waals surface area contributed by atoms with Gasteiger partial charge in [0.25, 0.3) is 0 Å². The number of halogens is 1. The molecular formula is C17H17ClN2O5. The number of carbonyl (C=O) groups excluding carboxylic acids is 2. The first-order valence-corrected chi connectivity index (χ1v) is 7.54. The molecule has 2 amide bonds. The van der Waals surface area contributed by atoms with Gasteiger partial charge in [-0.25, -0.2) is 0 Å². The molecule has 0 saturated carbocycles. The van der Waals surface area contributed by atoms with Crippen molar-refractivity contribution in [2.24, 2.45) is 0 Å². The molecule has 0 unspecified atom stereocenters. The standard InChI is InChI=1S/C17H17ClN2O5/c1-23-13-6-4-10(18)8-12(13)20-17(22)16(21)19-11-5-7-14(24-2)15(9-11)25-3/h4-9H,1-3H3,(H,19,21)(H,20,22). The van der Waals surface area contributed by atoms with Gasteiger partial charge in [-0.2, -0.15) is 0 Å². The third-order valence-corrected chi connectivity index (χ3v) is 3.49. The summed E-state index contributed by atoms with van der Waals surface area (Å²) in [5, 5.41) is 5.34. The van der Waals surface area contributed by atoms with Crippen molar-refractivity contribution in [1.29, 1.82) is 0 Å². The van der Waals surface area contributed by atoms with E-state index in [0.29, 0.717) is 33.6 Å². The number of rotatable bonds is 5. The number of amides is 2. The molecule has 0 atom stereocenters. The van der Waals surface area contributed by atoms with Gasteiger partial charge >= 0.3 is 11.8 Å². The first-order chi connectivity index (χ1) is 12.0. The molecule has 2 rings (SSSR count). The van der Waals surface area contributed by atoms with Gasteiger partial charge in [-0.1, -0.05) is 11.6 Å². The maximum atomic E-state index is 12.1. The molecule has 2 aromatic rings. The Morgan fingerprint density at radius 1 is 0.800 bits per heavy atom. The summed E-state index contributed by atoms with van der Waals surface area (Å²) >= 11 is 5.90. The van der Waals surface area contributed by atoms with Gasteiger partial charge in [-0.3, -0.25) is 9.59 Å². The van der Waals surface area contributed by atoms with Crippen molar-refractivity contribution in [3.05, 3.63) is 41.4 Å². The van der Waals surface area contributed by atoms with Crippen LogP contribution in [0, 0.1) is 0 Å². The number of ether oxygens (including phenoxy) is 3. The van der Waals surface area contributed by atoms with Crippen LogP contribution in [-0.2, 0) is 9.59 Å². The third kappa shape index (κ3) is 4.54. The predicted octanol–water partition coefficient (Wildman–Crippen LogP) is 2.94. The van der Waals surface area contributed by atoms with Crippen LogP contribution in [0.25, 0.3) is 0 Å². The highest BCUT2D eigenvalue weighted by atomic mass is 35.5. The number of benzene rings is 2. The molecule has 0 aliphatic carbocycles. The van der Waals surface area contributed by atoms with E-state index >= 15 is 0 Å². The van der Waals surface area contributed by atoms with Crippen LogP contribution in [0.5, 0.6) is 17.2 Å². The van der Waals surface area contributed by atoms with Gasteiger partial charge in [0.1, 0.15) is 5.75 Å². The molecule has 0 bridgehead atoms. The molecule has 2 N–H and O–H groups in total. The van der Waals surface area contributed by atoms with Gasteiger partial charge in [-0.15, -0.1) is 0 Å². The summed E-state index contributed by atoms with van der Waals surface area (Å²) < 4.78 is 15.4. The van der Waals surface area contributed by atoms with Gasteiger partial charge in [0.15, 0.2) is 11.5 Å². The Balaban J connectivity index is 2.11. The maximum absolute atomic E-state index is 12.1. The van der Waals surface area contributed by atoms with Gasteiger partial charge in [-0.05, 0) is 30.3 Å². The van der Waals surface area contributed by atoms with Crippen molar-refractivity contribution < 1.29 is 23.8 Å². The lowest BCUT2D eigenvalue weighted by molar-refractivity contribution is -0.133. The number of anilines is 2. The van der Waals surface area contributed by atoms with Gasteiger partial charge in [0.2, 0.25) is 0 Å². The lowest BCUT2D eigenvalue weighted by Crippen LogP contribution is -2.29. The fourth-order valence-corrected chi connectivity index (χ4v) is 2.23. The Morgan fingerprint density at radius 3 is 2.04 bits per heavy atom. The lowest BCUT2D eigenvalue weighted by Gasteiger charge is -2.12. The zero-order valence-corrected chi connectivity index (χ0v) is 14.6. The van der Waals surface area contributed by atoms with Crippen molar-refractivity contribution in [2.45, 2.75) is 0 Å². The van der Waals surface area contributed by atoms with Crippen molar-refractivity contribution in [3.8, 4) is 17.2 Å². The molecule has 0 aromatic heterocycles. The van der Waals surface area contributed by atoms with E-state index in [9.17, 15) is 9.59 Å². The van der Waals surface area contributed by atoms with Crippen LogP contribution in [0.1, 0.15) is 0 Å². The summed E-state index contributed by atoms with van der Waals surface area (Å²) in [6.45, 7) is 0. The third-order valence-electron chi connectivity index (χ3n) is 3.26. The SMILES string of the molecule is COc1ccc(Cl)cc1NC(=O)C(=O)Nc1ccc(OC)c(OC)c1. The largest absolute Gasteiger partial charge is 0.495 e. The average Bonchev–Trinajstić information content (AvgIpc) is 2.61. The minimum absolute atomic E-state index is 0.294. The lowest BCUT2D eigenvalue weighted by atomic mass is 10.2. The van der Waals surface area contributed by atoms with E-state index in [2.05, 4.69) is 10.6 Å². The number of carbonyl (C=O) groups is 2. The molecule has 0 aliphatic rings. The molecule has 0 aliphatic heterocycles. The molecule has 0 radical (unpaired) electrons. The van der Waals surface area contributed by atoms with Crippen LogP contribution in [0.2, 0.25) is 5.02 Å². The van der Waals surface area contributed by atoms with Crippen LogP contribution in [0.4, 0.5) is 11.4 Å². The van der Waals surface area contributed by atoms with Crippen molar-refractivity contribution in [2.75, 3.05) is 32.0 Å². The first kappa shape index (κ1) is 18.4. The van der Waals surface area contributed by atoms with Gasteiger partial charge < -0.3 is 24.8 Å². The Kier molecular flexibility index (Phi) is 6.08. The molecule has 0 saturated heterocycles. The predicted molar refractivity (Wildman–Crippen MR) is 94.8 cm³/mol. The van der Waals surface area contributed by atoms with Crippen LogP contribution in [0.3, 0.4) is 0 Å². The summed E-state index contributed by atoms with van der Waals surface area (Å²) in [7, 11) is 4.42. The Bertz CT molecular complexity index is 795. The highest BCUT2D eigenvalue weighted by molar-refractivity contribution is 6.44. The maximum Gasteiger partial charge on any atom is 0.314 e. The van der Waals surface area contributed by atoms with E-state index in [1.165, 1.54) is 27.4 Å². The van der Waals surface area contributed by atoms with Crippen molar-refractivity contribution in [1.82, 2.24) is 0 Å². The van der Waals surface area contributed by atoms with E-state index in [4.69, 9.17) is 25.8 Å². The number of hydrogen-bond donors (Lipinski definition) is 2. The zero-order valence-electron chi connectivity index (χ0n) is 13.9. The fraction of sp³-hybridized carbons (Fsp3) is 0.176. The van der Waals surface area contributed by atoms with E-state index in [1.807, 2.05) is 0 Å². The molecular weight excluding hydrogens is 348 g/mol. The average molecular weight is 365 g/mol. The Morgan fingerprint density at radius 2 is 1.40 bits per heavy atom. The molecule has 132 valence electrons. The first-order valence-electron chi connectivity index (χ1n) is 7.16. The van der Waals surface area contributed by atoms with Crippen LogP contribution in [-0.4, -0.2) is 33.1 Å². The van der Waals surface area contributed by atoms with E-state index in [0.717, 1.165) is 0 Å². The molecule has 2 aromatic carbocycles. The summed E-state index contributed by atoms with van der Waals surface area (Å²) in [6.07, 6.45) is 0. The summed E-state index contributed by atoms with van der Waals surface area (Å²) in [5.74, 6) is -0.396. The van der Waals surface area contributed by atoms with E-state index in [-0.39, 0.29) is 0 Å². The number of methoxy groups -OCH3 is 3. The Hall–Kier alpha value is -2.93. The van der Waals surface area contributed by atoms with Gasteiger partial charge in [0, 0.05) is 16.8 Å². The minimum Gasteiger partial charge on any atom is -0.495 e.